The summed E-state index contributed by atoms with van der Waals surface area (Å²) in [6, 6.07) is 6.81. The average Bonchev–Trinajstić information content (AvgIpc) is 2.66. The molecule has 1 atom stereocenters. The molecule has 3 nitrogen and oxygen atoms in total. The monoisotopic (exact) mass is 295 g/mol. The Bertz CT molecular complexity index is 595. The molecule has 0 spiro atoms. The first-order valence-corrected chi connectivity index (χ1v) is 7.02. The molecule has 2 N–H and O–H groups in total. The van der Waals surface area contributed by atoms with E-state index in [1.807, 2.05) is 20.0 Å². The van der Waals surface area contributed by atoms with Crippen LogP contribution in [0.4, 0.5) is 4.39 Å². The summed E-state index contributed by atoms with van der Waals surface area (Å²) in [6.45, 7) is 2.36. The highest BCUT2D eigenvalue weighted by Crippen LogP contribution is 2.24. The van der Waals surface area contributed by atoms with Gasteiger partial charge in [-0.1, -0.05) is 29.8 Å². The maximum Gasteiger partial charge on any atom is 0.126 e. The van der Waals surface area contributed by atoms with Crippen LogP contribution in [0.25, 0.3) is 0 Å². The number of aryl methyl sites for hydroxylation is 2. The third kappa shape index (κ3) is 3.19. The van der Waals surface area contributed by atoms with Crippen molar-refractivity contribution in [3.63, 3.8) is 0 Å². The summed E-state index contributed by atoms with van der Waals surface area (Å²) >= 11 is 6.25. The SMILES string of the molecule is Cc1nn(C)c(CC(CN)Cc2ccccc2F)c1Cl. The summed E-state index contributed by atoms with van der Waals surface area (Å²) in [5, 5.41) is 4.97. The molecule has 1 aromatic heterocycles. The molecule has 108 valence electrons. The highest BCUT2D eigenvalue weighted by molar-refractivity contribution is 6.31. The smallest absolute Gasteiger partial charge is 0.126 e. The number of halogens is 2. The van der Waals surface area contributed by atoms with E-state index in [1.54, 1.807) is 16.8 Å². The van der Waals surface area contributed by atoms with Crippen LogP contribution in [0, 0.1) is 18.7 Å². The standard InChI is InChI=1S/C15H19ClFN3/c1-10-15(16)14(20(2)19-10)8-11(9-18)7-12-5-3-4-6-13(12)17/h3-6,11H,7-9,18H2,1-2H3. The van der Waals surface area contributed by atoms with Crippen LogP contribution in [0.1, 0.15) is 17.0 Å². The molecule has 0 saturated carbocycles. The number of rotatable bonds is 5. The van der Waals surface area contributed by atoms with Crippen LogP contribution >= 0.6 is 11.6 Å². The van der Waals surface area contributed by atoms with Crippen molar-refractivity contribution in [2.75, 3.05) is 6.54 Å². The largest absolute Gasteiger partial charge is 0.330 e. The van der Waals surface area contributed by atoms with Crippen LogP contribution < -0.4 is 5.73 Å². The van der Waals surface area contributed by atoms with E-state index in [4.69, 9.17) is 17.3 Å². The van der Waals surface area contributed by atoms with Gasteiger partial charge in [-0.3, -0.25) is 4.68 Å². The molecule has 5 heteroatoms. The van der Waals surface area contributed by atoms with E-state index in [2.05, 4.69) is 5.10 Å². The Balaban J connectivity index is 2.15. The molecule has 0 fully saturated rings. The van der Waals surface area contributed by atoms with Crippen LogP contribution in [0.3, 0.4) is 0 Å². The molecular weight excluding hydrogens is 277 g/mol. The Morgan fingerprint density at radius 3 is 2.60 bits per heavy atom. The van der Waals surface area contributed by atoms with Gasteiger partial charge in [0.2, 0.25) is 0 Å². The predicted molar refractivity (Wildman–Crippen MR) is 79.3 cm³/mol. The van der Waals surface area contributed by atoms with Gasteiger partial charge in [0.05, 0.1) is 16.4 Å². The minimum atomic E-state index is -0.182. The van der Waals surface area contributed by atoms with E-state index < -0.39 is 0 Å². The highest BCUT2D eigenvalue weighted by Gasteiger charge is 2.17. The quantitative estimate of drug-likeness (QED) is 0.922. The third-order valence-corrected chi connectivity index (χ3v) is 4.04. The number of benzene rings is 1. The number of nitrogens with two attached hydrogens (primary N) is 1. The van der Waals surface area contributed by atoms with Crippen LogP contribution in [-0.2, 0) is 19.9 Å². The molecule has 1 heterocycles. The van der Waals surface area contributed by atoms with Crippen molar-refractivity contribution in [1.82, 2.24) is 9.78 Å². The zero-order chi connectivity index (χ0) is 14.7. The van der Waals surface area contributed by atoms with Crippen molar-refractivity contribution in [2.45, 2.75) is 19.8 Å². The number of hydrogen-bond donors (Lipinski definition) is 1. The minimum Gasteiger partial charge on any atom is -0.330 e. The van der Waals surface area contributed by atoms with Gasteiger partial charge in [0, 0.05) is 7.05 Å². The topological polar surface area (TPSA) is 43.8 Å². The van der Waals surface area contributed by atoms with Crippen LogP contribution in [-0.4, -0.2) is 16.3 Å². The van der Waals surface area contributed by atoms with Crippen molar-refractivity contribution in [1.29, 1.82) is 0 Å². The molecule has 1 unspecified atom stereocenters. The second kappa shape index (κ2) is 6.37. The molecular formula is C15H19ClFN3. The molecule has 20 heavy (non-hydrogen) atoms. The molecule has 0 aliphatic rings. The summed E-state index contributed by atoms with van der Waals surface area (Å²) in [5.74, 6) is -0.0440. The van der Waals surface area contributed by atoms with Crippen molar-refractivity contribution < 1.29 is 4.39 Å². The summed E-state index contributed by atoms with van der Waals surface area (Å²) in [4.78, 5) is 0. The zero-order valence-electron chi connectivity index (χ0n) is 11.7. The van der Waals surface area contributed by atoms with E-state index in [0.717, 1.165) is 11.4 Å². The van der Waals surface area contributed by atoms with Gasteiger partial charge in [0.15, 0.2) is 0 Å². The molecule has 0 aliphatic carbocycles. The Hall–Kier alpha value is -1.39. The van der Waals surface area contributed by atoms with Gasteiger partial charge >= 0.3 is 0 Å². The average molecular weight is 296 g/mol. The van der Waals surface area contributed by atoms with Crippen molar-refractivity contribution in [3.05, 3.63) is 52.1 Å². The van der Waals surface area contributed by atoms with Gasteiger partial charge in [0.1, 0.15) is 5.82 Å². The Kier molecular flexibility index (Phi) is 4.78. The molecule has 0 saturated heterocycles. The maximum absolute atomic E-state index is 13.7. The van der Waals surface area contributed by atoms with Crippen molar-refractivity contribution >= 4 is 11.6 Å². The molecule has 0 aliphatic heterocycles. The molecule has 1 aromatic carbocycles. The molecule has 2 aromatic rings. The predicted octanol–water partition coefficient (Wildman–Crippen LogP) is 2.88. The Morgan fingerprint density at radius 1 is 1.35 bits per heavy atom. The number of nitrogens with zero attached hydrogens (tertiary/aromatic N) is 2. The maximum atomic E-state index is 13.7. The number of aromatic nitrogens is 2. The summed E-state index contributed by atoms with van der Waals surface area (Å²) in [5.41, 5.74) is 8.29. The fraction of sp³-hybridized carbons (Fsp3) is 0.400. The Morgan fingerprint density at radius 2 is 2.05 bits per heavy atom. The first-order chi connectivity index (χ1) is 9.52. The van der Waals surface area contributed by atoms with Gasteiger partial charge in [-0.25, -0.2) is 4.39 Å². The normalized spacial score (nSPS) is 12.7. The van der Waals surface area contributed by atoms with E-state index >= 15 is 0 Å². The van der Waals surface area contributed by atoms with Crippen LogP contribution in [0.5, 0.6) is 0 Å². The van der Waals surface area contributed by atoms with Crippen LogP contribution in [0.15, 0.2) is 24.3 Å². The van der Waals surface area contributed by atoms with E-state index in [9.17, 15) is 4.39 Å². The first kappa shape index (κ1) is 15.0. The van der Waals surface area contributed by atoms with E-state index in [0.29, 0.717) is 30.0 Å². The lowest BCUT2D eigenvalue weighted by Crippen LogP contribution is -2.21. The summed E-state index contributed by atoms with van der Waals surface area (Å²) in [6.07, 6.45) is 1.30. The Labute approximate surface area is 123 Å². The lowest BCUT2D eigenvalue weighted by molar-refractivity contribution is 0.495. The van der Waals surface area contributed by atoms with Gasteiger partial charge < -0.3 is 5.73 Å². The zero-order valence-corrected chi connectivity index (χ0v) is 12.5. The lowest BCUT2D eigenvalue weighted by Gasteiger charge is -2.15. The fourth-order valence-electron chi connectivity index (χ4n) is 2.39. The minimum absolute atomic E-state index is 0.138. The van der Waals surface area contributed by atoms with Crippen molar-refractivity contribution in [2.24, 2.45) is 18.7 Å². The second-order valence-electron chi connectivity index (χ2n) is 5.07. The van der Waals surface area contributed by atoms with Gasteiger partial charge in [-0.15, -0.1) is 0 Å². The van der Waals surface area contributed by atoms with Gasteiger partial charge in [-0.05, 0) is 43.9 Å². The number of hydrogen-bond acceptors (Lipinski definition) is 2. The summed E-state index contributed by atoms with van der Waals surface area (Å²) in [7, 11) is 1.87. The van der Waals surface area contributed by atoms with Crippen LogP contribution in [0.2, 0.25) is 5.02 Å². The molecule has 0 bridgehead atoms. The highest BCUT2D eigenvalue weighted by atomic mass is 35.5. The second-order valence-corrected chi connectivity index (χ2v) is 5.45. The third-order valence-electron chi connectivity index (χ3n) is 3.54. The first-order valence-electron chi connectivity index (χ1n) is 6.64. The molecule has 2 rings (SSSR count). The van der Waals surface area contributed by atoms with E-state index in [1.165, 1.54) is 6.07 Å². The van der Waals surface area contributed by atoms with Gasteiger partial charge in [-0.2, -0.15) is 5.10 Å². The molecule has 0 radical (unpaired) electrons. The molecule has 0 amide bonds. The van der Waals surface area contributed by atoms with Crippen molar-refractivity contribution in [3.8, 4) is 0 Å². The van der Waals surface area contributed by atoms with E-state index in [-0.39, 0.29) is 11.7 Å². The fourth-order valence-corrected chi connectivity index (χ4v) is 2.63. The van der Waals surface area contributed by atoms with Gasteiger partial charge in [0.25, 0.3) is 0 Å². The summed E-state index contributed by atoms with van der Waals surface area (Å²) < 4.78 is 15.5. The lowest BCUT2D eigenvalue weighted by atomic mass is 9.94.